The van der Waals surface area contributed by atoms with Crippen LogP contribution in [0.3, 0.4) is 0 Å². The highest BCUT2D eigenvalue weighted by atomic mass is 16.2. The number of unbranched alkanes of at least 4 members (excludes halogenated alkanes) is 4. The van der Waals surface area contributed by atoms with Crippen LogP contribution in [-0.2, 0) is 9.59 Å². The van der Waals surface area contributed by atoms with E-state index in [1.54, 1.807) is 49.3 Å². The van der Waals surface area contributed by atoms with Gasteiger partial charge < -0.3 is 31.2 Å². The van der Waals surface area contributed by atoms with E-state index in [4.69, 9.17) is 0 Å². The summed E-state index contributed by atoms with van der Waals surface area (Å²) in [6, 6.07) is 13.1. The molecule has 2 aromatic heterocycles. The van der Waals surface area contributed by atoms with E-state index in [1.807, 2.05) is 52.0 Å². The number of H-pyrrole nitrogens is 2. The van der Waals surface area contributed by atoms with Gasteiger partial charge in [-0.2, -0.15) is 0 Å². The average molecular weight is 697 g/mol. The third kappa shape index (κ3) is 11.4. The van der Waals surface area contributed by atoms with Gasteiger partial charge in [0.1, 0.15) is 12.1 Å². The Morgan fingerprint density at radius 2 is 0.961 bits per heavy atom. The van der Waals surface area contributed by atoms with Gasteiger partial charge in [-0.15, -0.1) is 0 Å². The number of hydrogen-bond donors (Lipinski definition) is 6. The zero-order valence-electron chi connectivity index (χ0n) is 30.1. The minimum atomic E-state index is -0.629. The van der Waals surface area contributed by atoms with Crippen molar-refractivity contribution in [3.05, 3.63) is 84.7 Å². The normalized spacial score (nSPS) is 13.4. The van der Waals surface area contributed by atoms with Crippen LogP contribution in [-0.4, -0.2) is 68.7 Å². The lowest BCUT2D eigenvalue weighted by Gasteiger charge is -2.24. The Morgan fingerprint density at radius 1 is 0.588 bits per heavy atom. The second kappa shape index (κ2) is 19.8. The van der Waals surface area contributed by atoms with Gasteiger partial charge >= 0.3 is 0 Å². The standard InChI is InChI=1S/C39H52N8O4/c1-5-26(3)34(46-36(48)30-16-12-28(13-17-30)32-22-40-24-44-32)38(50)42-20-10-8-7-9-11-21-43-39(51)35(27(4)6-2)47-37(49)31-18-14-29(15-19-31)33-23-41-25-45-33/h12-19,22-27,34-35H,5-11,20-21H2,1-4H3,(H,40,44)(H,41,45)(H,42,50)(H,43,51)(H,46,48)(H,47,49)/t26?,27?,34-,35-/m0/s1. The zero-order chi connectivity index (χ0) is 36.6. The molecule has 0 aliphatic rings. The molecule has 0 bridgehead atoms. The van der Waals surface area contributed by atoms with Crippen molar-refractivity contribution in [1.82, 2.24) is 41.2 Å². The first kappa shape index (κ1) is 38.5. The van der Waals surface area contributed by atoms with Crippen LogP contribution < -0.4 is 21.3 Å². The zero-order valence-corrected chi connectivity index (χ0v) is 30.1. The summed E-state index contributed by atoms with van der Waals surface area (Å²) in [4.78, 5) is 66.3. The van der Waals surface area contributed by atoms with Gasteiger partial charge in [-0.1, -0.05) is 84.1 Å². The number of benzene rings is 2. The third-order valence-electron chi connectivity index (χ3n) is 9.43. The van der Waals surface area contributed by atoms with Gasteiger partial charge in [0.25, 0.3) is 11.8 Å². The molecular weight excluding hydrogens is 644 g/mol. The summed E-state index contributed by atoms with van der Waals surface area (Å²) < 4.78 is 0. The van der Waals surface area contributed by atoms with E-state index < -0.39 is 12.1 Å². The van der Waals surface area contributed by atoms with Crippen LogP contribution in [0.1, 0.15) is 93.4 Å². The number of amides is 4. The van der Waals surface area contributed by atoms with Crippen LogP contribution in [0, 0.1) is 11.8 Å². The molecule has 2 aromatic carbocycles. The number of hydrogen-bond acceptors (Lipinski definition) is 6. The maximum atomic E-state index is 13.1. The van der Waals surface area contributed by atoms with E-state index >= 15 is 0 Å². The number of rotatable bonds is 20. The summed E-state index contributed by atoms with van der Waals surface area (Å²) in [5.41, 5.74) is 4.55. The second-order valence-electron chi connectivity index (χ2n) is 13.1. The van der Waals surface area contributed by atoms with E-state index in [0.717, 1.165) is 67.5 Å². The molecule has 4 amide bonds. The monoisotopic (exact) mass is 696 g/mol. The highest BCUT2D eigenvalue weighted by Gasteiger charge is 2.27. The van der Waals surface area contributed by atoms with Crippen LogP contribution in [0.5, 0.6) is 0 Å². The van der Waals surface area contributed by atoms with Crippen molar-refractivity contribution in [2.75, 3.05) is 13.1 Å². The number of carbonyl (C=O) groups is 4. The number of nitrogens with one attached hydrogen (secondary N) is 6. The molecule has 0 saturated heterocycles. The van der Waals surface area contributed by atoms with Crippen molar-refractivity contribution in [2.24, 2.45) is 11.8 Å². The summed E-state index contributed by atoms with van der Waals surface area (Å²) >= 11 is 0. The number of imidazole rings is 2. The van der Waals surface area contributed by atoms with Crippen LogP contribution in [0.4, 0.5) is 0 Å². The first-order valence-corrected chi connectivity index (χ1v) is 18.1. The summed E-state index contributed by atoms with van der Waals surface area (Å²) in [5.74, 6) is -0.976. The molecule has 4 atom stereocenters. The molecular formula is C39H52N8O4. The Morgan fingerprint density at radius 3 is 1.29 bits per heavy atom. The highest BCUT2D eigenvalue weighted by Crippen LogP contribution is 2.19. The Balaban J connectivity index is 1.12. The van der Waals surface area contributed by atoms with Crippen LogP contribution >= 0.6 is 0 Å². The van der Waals surface area contributed by atoms with Crippen molar-refractivity contribution in [3.8, 4) is 22.5 Å². The van der Waals surface area contributed by atoms with Crippen molar-refractivity contribution >= 4 is 23.6 Å². The number of aromatic nitrogens is 4. The van der Waals surface area contributed by atoms with Gasteiger partial charge in [0, 0.05) is 24.2 Å². The number of carbonyl (C=O) groups excluding carboxylic acids is 4. The minimum Gasteiger partial charge on any atom is -0.354 e. The lowest BCUT2D eigenvalue weighted by atomic mass is 9.97. The van der Waals surface area contributed by atoms with Crippen LogP contribution in [0.25, 0.3) is 22.5 Å². The predicted molar refractivity (Wildman–Crippen MR) is 199 cm³/mol. The topological polar surface area (TPSA) is 174 Å². The molecule has 12 nitrogen and oxygen atoms in total. The molecule has 6 N–H and O–H groups in total. The van der Waals surface area contributed by atoms with Crippen molar-refractivity contribution in [3.63, 3.8) is 0 Å². The molecule has 2 heterocycles. The molecule has 12 heteroatoms. The first-order chi connectivity index (χ1) is 24.7. The largest absolute Gasteiger partial charge is 0.354 e. The quantitative estimate of drug-likeness (QED) is 0.0653. The fourth-order valence-corrected chi connectivity index (χ4v) is 5.71. The van der Waals surface area contributed by atoms with E-state index in [2.05, 4.69) is 41.2 Å². The smallest absolute Gasteiger partial charge is 0.251 e. The highest BCUT2D eigenvalue weighted by molar-refractivity contribution is 5.98. The fraction of sp³-hybridized carbons (Fsp3) is 0.436. The fourth-order valence-electron chi connectivity index (χ4n) is 5.71. The molecule has 0 aliphatic carbocycles. The Kier molecular flexibility index (Phi) is 15.0. The SMILES string of the molecule is CCC(C)[C@H](NC(=O)c1ccc(-c2cnc[nH]2)cc1)C(=O)NCCCCCCCNC(=O)[C@@H](NC(=O)c1ccc(-c2cnc[nH]2)cc1)C(C)CC. The Labute approximate surface area is 300 Å². The van der Waals surface area contributed by atoms with Crippen LogP contribution in [0.2, 0.25) is 0 Å². The molecule has 0 saturated carbocycles. The number of aromatic amines is 2. The van der Waals surface area contributed by atoms with Crippen LogP contribution in [0.15, 0.2) is 73.6 Å². The van der Waals surface area contributed by atoms with Gasteiger partial charge in [-0.3, -0.25) is 19.2 Å². The van der Waals surface area contributed by atoms with E-state index in [0.29, 0.717) is 24.2 Å². The maximum Gasteiger partial charge on any atom is 0.251 e. The molecule has 0 fully saturated rings. The second-order valence-corrected chi connectivity index (χ2v) is 13.1. The van der Waals surface area contributed by atoms with E-state index in [-0.39, 0.29) is 35.5 Å². The Bertz CT molecular complexity index is 1530. The van der Waals surface area contributed by atoms with Gasteiger partial charge in [0.2, 0.25) is 11.8 Å². The summed E-state index contributed by atoms with van der Waals surface area (Å²) in [5, 5.41) is 11.9. The predicted octanol–water partition coefficient (Wildman–Crippen LogP) is 5.64. The molecule has 0 spiro atoms. The summed E-state index contributed by atoms with van der Waals surface area (Å²) in [6.07, 6.45) is 12.6. The van der Waals surface area contributed by atoms with Gasteiger partial charge in [-0.25, -0.2) is 9.97 Å². The third-order valence-corrected chi connectivity index (χ3v) is 9.43. The van der Waals surface area contributed by atoms with Crippen molar-refractivity contribution in [1.29, 1.82) is 0 Å². The molecule has 0 aliphatic heterocycles. The van der Waals surface area contributed by atoms with Gasteiger partial charge in [0.05, 0.1) is 36.4 Å². The maximum absolute atomic E-state index is 13.1. The summed E-state index contributed by atoms with van der Waals surface area (Å²) in [7, 11) is 0. The van der Waals surface area contributed by atoms with Crippen molar-refractivity contribution < 1.29 is 19.2 Å². The Hall–Kier alpha value is -5.26. The molecule has 4 aromatic rings. The van der Waals surface area contributed by atoms with E-state index in [1.165, 1.54) is 0 Å². The van der Waals surface area contributed by atoms with Gasteiger partial charge in [0.15, 0.2) is 0 Å². The molecule has 272 valence electrons. The summed E-state index contributed by atoms with van der Waals surface area (Å²) in [6.45, 7) is 8.99. The first-order valence-electron chi connectivity index (χ1n) is 18.1. The average Bonchev–Trinajstić information content (AvgIpc) is 3.90. The number of nitrogens with zero attached hydrogens (tertiary/aromatic N) is 2. The molecule has 51 heavy (non-hydrogen) atoms. The lowest BCUT2D eigenvalue weighted by Crippen LogP contribution is -2.50. The molecule has 0 radical (unpaired) electrons. The molecule has 4 rings (SSSR count). The van der Waals surface area contributed by atoms with Gasteiger partial charge in [-0.05, 0) is 60.1 Å². The lowest BCUT2D eigenvalue weighted by molar-refractivity contribution is -0.124. The van der Waals surface area contributed by atoms with E-state index in [9.17, 15) is 19.2 Å². The molecule has 2 unspecified atom stereocenters. The van der Waals surface area contributed by atoms with Crippen molar-refractivity contribution in [2.45, 2.75) is 84.7 Å². The minimum absolute atomic E-state index is 0.0266.